The molecule has 0 unspecified atom stereocenters. The number of halogens is 1. The summed E-state index contributed by atoms with van der Waals surface area (Å²) in [6.07, 6.45) is 0.714. The SMILES string of the molecule is Cc1ncsc1CCOCC(=O)Nc1cc(F)ccc1N. The number of aromatic nitrogens is 1. The molecule has 2 aromatic rings. The Hall–Kier alpha value is -1.99. The monoisotopic (exact) mass is 309 g/mol. The average Bonchev–Trinajstić information content (AvgIpc) is 2.84. The van der Waals surface area contributed by atoms with Gasteiger partial charge >= 0.3 is 0 Å². The highest BCUT2D eigenvalue weighted by Crippen LogP contribution is 2.19. The second-order valence-corrected chi connectivity index (χ2v) is 5.38. The molecule has 1 amide bonds. The molecule has 5 nitrogen and oxygen atoms in total. The number of carbonyl (C=O) groups is 1. The molecule has 1 aromatic carbocycles. The molecule has 0 aliphatic rings. The number of carbonyl (C=O) groups excluding carboxylic acids is 1. The number of amides is 1. The molecule has 0 aliphatic heterocycles. The second kappa shape index (κ2) is 7.14. The fourth-order valence-corrected chi connectivity index (χ4v) is 2.48. The lowest BCUT2D eigenvalue weighted by atomic mass is 10.2. The molecule has 3 N–H and O–H groups in total. The first-order valence-electron chi connectivity index (χ1n) is 6.38. The summed E-state index contributed by atoms with van der Waals surface area (Å²) < 4.78 is 18.4. The number of benzene rings is 1. The molecule has 2 rings (SSSR count). The number of nitrogens with two attached hydrogens (primary N) is 1. The maximum absolute atomic E-state index is 13.1. The molecule has 0 saturated heterocycles. The molecule has 0 spiro atoms. The lowest BCUT2D eigenvalue weighted by molar-refractivity contribution is -0.120. The highest BCUT2D eigenvalue weighted by molar-refractivity contribution is 7.09. The van der Waals surface area contributed by atoms with E-state index in [4.69, 9.17) is 10.5 Å². The van der Waals surface area contributed by atoms with E-state index in [2.05, 4.69) is 10.3 Å². The first-order valence-corrected chi connectivity index (χ1v) is 7.26. The summed E-state index contributed by atoms with van der Waals surface area (Å²) in [5, 5.41) is 2.52. The summed E-state index contributed by atoms with van der Waals surface area (Å²) in [4.78, 5) is 17.0. The topological polar surface area (TPSA) is 77.2 Å². The first-order chi connectivity index (χ1) is 10.1. The van der Waals surface area contributed by atoms with E-state index < -0.39 is 5.82 Å². The van der Waals surface area contributed by atoms with Gasteiger partial charge in [0.15, 0.2) is 0 Å². The van der Waals surface area contributed by atoms with Gasteiger partial charge in [-0.3, -0.25) is 4.79 Å². The van der Waals surface area contributed by atoms with Gasteiger partial charge in [-0.05, 0) is 25.1 Å². The van der Waals surface area contributed by atoms with Gasteiger partial charge in [-0.15, -0.1) is 11.3 Å². The third-order valence-electron chi connectivity index (χ3n) is 2.84. The van der Waals surface area contributed by atoms with E-state index in [0.717, 1.165) is 10.6 Å². The maximum Gasteiger partial charge on any atom is 0.250 e. The van der Waals surface area contributed by atoms with Gasteiger partial charge in [0.25, 0.3) is 0 Å². The molecule has 112 valence electrons. The van der Waals surface area contributed by atoms with Crippen LogP contribution in [0.1, 0.15) is 10.6 Å². The second-order valence-electron chi connectivity index (χ2n) is 4.44. The molecule has 7 heteroatoms. The van der Waals surface area contributed by atoms with Gasteiger partial charge in [-0.1, -0.05) is 0 Å². The van der Waals surface area contributed by atoms with Crippen molar-refractivity contribution < 1.29 is 13.9 Å². The molecule has 0 saturated carbocycles. The molecule has 1 heterocycles. The van der Waals surface area contributed by atoms with E-state index in [-0.39, 0.29) is 18.2 Å². The number of aryl methyl sites for hydroxylation is 1. The van der Waals surface area contributed by atoms with Crippen molar-refractivity contribution in [2.24, 2.45) is 0 Å². The van der Waals surface area contributed by atoms with Crippen molar-refractivity contribution in [1.82, 2.24) is 4.98 Å². The molecule has 0 aliphatic carbocycles. The number of thiazole rings is 1. The minimum Gasteiger partial charge on any atom is -0.397 e. The summed E-state index contributed by atoms with van der Waals surface area (Å²) in [6, 6.07) is 3.81. The van der Waals surface area contributed by atoms with Crippen molar-refractivity contribution in [3.8, 4) is 0 Å². The summed E-state index contributed by atoms with van der Waals surface area (Å²) in [5.41, 5.74) is 8.98. The molecule has 0 radical (unpaired) electrons. The number of anilines is 2. The smallest absolute Gasteiger partial charge is 0.250 e. The van der Waals surface area contributed by atoms with Crippen LogP contribution in [0.3, 0.4) is 0 Å². The highest BCUT2D eigenvalue weighted by Gasteiger charge is 2.07. The predicted octanol–water partition coefficient (Wildman–Crippen LogP) is 2.37. The van der Waals surface area contributed by atoms with Crippen molar-refractivity contribution in [2.45, 2.75) is 13.3 Å². The van der Waals surface area contributed by atoms with E-state index in [9.17, 15) is 9.18 Å². The summed E-state index contributed by atoms with van der Waals surface area (Å²) in [7, 11) is 0. The van der Waals surface area contributed by atoms with Crippen molar-refractivity contribution in [2.75, 3.05) is 24.3 Å². The number of nitrogens with one attached hydrogen (secondary N) is 1. The molecular formula is C14H16FN3O2S. The Morgan fingerprint density at radius 2 is 2.33 bits per heavy atom. The fraction of sp³-hybridized carbons (Fsp3) is 0.286. The van der Waals surface area contributed by atoms with Crippen molar-refractivity contribution >= 4 is 28.6 Å². The maximum atomic E-state index is 13.1. The Morgan fingerprint density at radius 3 is 3.05 bits per heavy atom. The number of rotatable bonds is 6. The normalized spacial score (nSPS) is 10.6. The summed E-state index contributed by atoms with van der Waals surface area (Å²) in [6.45, 7) is 2.26. The van der Waals surface area contributed by atoms with Crippen LogP contribution in [-0.4, -0.2) is 24.1 Å². The van der Waals surface area contributed by atoms with Crippen LogP contribution >= 0.6 is 11.3 Å². The van der Waals surface area contributed by atoms with Crippen LogP contribution in [0, 0.1) is 12.7 Å². The van der Waals surface area contributed by atoms with E-state index in [1.54, 1.807) is 16.8 Å². The van der Waals surface area contributed by atoms with Crippen LogP contribution in [0.2, 0.25) is 0 Å². The number of ether oxygens (including phenoxy) is 1. The Morgan fingerprint density at radius 1 is 1.52 bits per heavy atom. The van der Waals surface area contributed by atoms with Gasteiger partial charge in [0, 0.05) is 11.3 Å². The highest BCUT2D eigenvalue weighted by atomic mass is 32.1. The van der Waals surface area contributed by atoms with E-state index in [1.807, 2.05) is 6.92 Å². The Kier molecular flexibility index (Phi) is 5.24. The number of hydrogen-bond acceptors (Lipinski definition) is 5. The minimum absolute atomic E-state index is 0.103. The third-order valence-corrected chi connectivity index (χ3v) is 3.84. The van der Waals surface area contributed by atoms with E-state index in [1.165, 1.54) is 18.2 Å². The number of hydrogen-bond donors (Lipinski definition) is 2. The molecule has 0 atom stereocenters. The lowest BCUT2D eigenvalue weighted by Gasteiger charge is -2.08. The molecule has 21 heavy (non-hydrogen) atoms. The summed E-state index contributed by atoms with van der Waals surface area (Å²) >= 11 is 1.56. The zero-order valence-corrected chi connectivity index (χ0v) is 12.4. The molecule has 0 bridgehead atoms. The van der Waals surface area contributed by atoms with Gasteiger partial charge in [-0.2, -0.15) is 0 Å². The third kappa shape index (κ3) is 4.51. The zero-order valence-electron chi connectivity index (χ0n) is 11.6. The average molecular weight is 309 g/mol. The van der Waals surface area contributed by atoms with Crippen LogP contribution in [0.5, 0.6) is 0 Å². The largest absolute Gasteiger partial charge is 0.397 e. The van der Waals surface area contributed by atoms with Crippen LogP contribution in [-0.2, 0) is 16.0 Å². The molecule has 1 aromatic heterocycles. The van der Waals surface area contributed by atoms with Crippen molar-refractivity contribution in [3.63, 3.8) is 0 Å². The van der Waals surface area contributed by atoms with Crippen LogP contribution in [0.15, 0.2) is 23.7 Å². The first kappa shape index (κ1) is 15.4. The van der Waals surface area contributed by atoms with Crippen LogP contribution < -0.4 is 11.1 Å². The minimum atomic E-state index is -0.457. The van der Waals surface area contributed by atoms with E-state index in [0.29, 0.717) is 18.7 Å². The van der Waals surface area contributed by atoms with Gasteiger partial charge in [0.1, 0.15) is 12.4 Å². The Bertz CT molecular complexity index is 630. The van der Waals surface area contributed by atoms with Gasteiger partial charge in [0.05, 0.1) is 29.2 Å². The molecular weight excluding hydrogens is 293 g/mol. The standard InChI is InChI=1S/C14H16FN3O2S/c1-9-13(21-8-17-9)4-5-20-7-14(19)18-12-6-10(15)2-3-11(12)16/h2-3,6,8H,4-5,7,16H2,1H3,(H,18,19). The van der Waals surface area contributed by atoms with Gasteiger partial charge < -0.3 is 15.8 Å². The van der Waals surface area contributed by atoms with Crippen molar-refractivity contribution in [3.05, 3.63) is 40.1 Å². The number of nitrogens with zero attached hydrogens (tertiary/aromatic N) is 1. The summed E-state index contributed by atoms with van der Waals surface area (Å²) in [5.74, 6) is -0.825. The van der Waals surface area contributed by atoms with Crippen LogP contribution in [0.4, 0.5) is 15.8 Å². The predicted molar refractivity (Wildman–Crippen MR) is 80.8 cm³/mol. The fourth-order valence-electron chi connectivity index (χ4n) is 1.72. The zero-order chi connectivity index (χ0) is 15.2. The van der Waals surface area contributed by atoms with Gasteiger partial charge in [0.2, 0.25) is 5.91 Å². The lowest BCUT2D eigenvalue weighted by Crippen LogP contribution is -2.19. The quantitative estimate of drug-likeness (QED) is 0.634. The number of nitrogen functional groups attached to an aromatic ring is 1. The van der Waals surface area contributed by atoms with Gasteiger partial charge in [-0.25, -0.2) is 9.37 Å². The van der Waals surface area contributed by atoms with Crippen molar-refractivity contribution in [1.29, 1.82) is 0 Å². The van der Waals surface area contributed by atoms with E-state index >= 15 is 0 Å². The Labute approximate surface area is 126 Å². The van der Waals surface area contributed by atoms with Crippen LogP contribution in [0.25, 0.3) is 0 Å². The molecule has 0 fully saturated rings. The Balaban J connectivity index is 1.75.